The number of nitrogens with zero attached hydrogens (tertiary/aromatic N) is 2. The summed E-state index contributed by atoms with van der Waals surface area (Å²) in [5.74, 6) is -0.142. The lowest BCUT2D eigenvalue weighted by Gasteiger charge is -2.31. The van der Waals surface area contributed by atoms with Gasteiger partial charge in [0.25, 0.3) is 5.91 Å². The minimum Gasteiger partial charge on any atom is -0.347 e. The first-order valence-corrected chi connectivity index (χ1v) is 10.2. The molecule has 1 aliphatic carbocycles. The van der Waals surface area contributed by atoms with Crippen molar-refractivity contribution in [1.82, 2.24) is 15.2 Å². The van der Waals surface area contributed by atoms with E-state index in [9.17, 15) is 4.79 Å². The van der Waals surface area contributed by atoms with Gasteiger partial charge in [0.15, 0.2) is 0 Å². The van der Waals surface area contributed by atoms with Gasteiger partial charge in [0.2, 0.25) is 0 Å². The van der Waals surface area contributed by atoms with Crippen LogP contribution >= 0.6 is 11.3 Å². The molecule has 1 fully saturated rings. The molecule has 1 aliphatic rings. The number of aromatic nitrogens is 1. The molecule has 1 heterocycles. The highest BCUT2D eigenvalue weighted by molar-refractivity contribution is 7.09. The number of carbonyl (C=O) groups excluding carboxylic acids is 1. The van der Waals surface area contributed by atoms with Crippen molar-refractivity contribution in [2.45, 2.75) is 57.8 Å². The van der Waals surface area contributed by atoms with E-state index >= 15 is 0 Å². The Morgan fingerprint density at radius 1 is 1.27 bits per heavy atom. The summed E-state index contributed by atoms with van der Waals surface area (Å²) in [5, 5.41) is 5.54. The Labute approximate surface area is 159 Å². The molecule has 1 aromatic carbocycles. The number of benzene rings is 1. The van der Waals surface area contributed by atoms with E-state index in [0.717, 1.165) is 17.1 Å². The molecule has 1 amide bonds. The van der Waals surface area contributed by atoms with Gasteiger partial charge in [-0.3, -0.25) is 9.69 Å². The van der Waals surface area contributed by atoms with Crippen molar-refractivity contribution in [3.63, 3.8) is 0 Å². The predicted molar refractivity (Wildman–Crippen MR) is 106 cm³/mol. The van der Waals surface area contributed by atoms with Crippen LogP contribution in [0.1, 0.15) is 58.7 Å². The van der Waals surface area contributed by atoms with Gasteiger partial charge in [-0.15, -0.1) is 11.3 Å². The molecule has 0 unspecified atom stereocenters. The predicted octanol–water partition coefficient (Wildman–Crippen LogP) is 3.30. The second-order valence-electron chi connectivity index (χ2n) is 6.99. The Morgan fingerprint density at radius 3 is 2.69 bits per heavy atom. The van der Waals surface area contributed by atoms with Crippen molar-refractivity contribution in [3.05, 3.63) is 51.5 Å². The molecule has 3 rings (SSSR count). The Balaban J connectivity index is 1.60. The number of nitrogens with two attached hydrogens (primary N) is 1. The summed E-state index contributed by atoms with van der Waals surface area (Å²) in [4.78, 5) is 19.0. The summed E-state index contributed by atoms with van der Waals surface area (Å²) < 4.78 is 0. The number of hydrogen-bond donors (Lipinski definition) is 2. The summed E-state index contributed by atoms with van der Waals surface area (Å²) in [6, 6.07) is 9.04. The van der Waals surface area contributed by atoms with Gasteiger partial charge >= 0.3 is 0 Å². The molecule has 26 heavy (non-hydrogen) atoms. The van der Waals surface area contributed by atoms with Crippen LogP contribution in [0.4, 0.5) is 0 Å². The molecular weight excluding hydrogens is 344 g/mol. The molecule has 0 atom stereocenters. The number of carbonyl (C=O) groups is 1. The van der Waals surface area contributed by atoms with Crippen LogP contribution in [-0.2, 0) is 19.6 Å². The van der Waals surface area contributed by atoms with Crippen LogP contribution < -0.4 is 11.1 Å². The monoisotopic (exact) mass is 372 g/mol. The average Bonchev–Trinajstić information content (AvgIpc) is 3.17. The fourth-order valence-corrected chi connectivity index (χ4v) is 4.23. The first-order chi connectivity index (χ1) is 12.7. The lowest BCUT2D eigenvalue weighted by atomic mass is 9.94. The van der Waals surface area contributed by atoms with Gasteiger partial charge in [0.1, 0.15) is 10.7 Å². The van der Waals surface area contributed by atoms with Gasteiger partial charge in [-0.1, -0.05) is 43.5 Å². The number of rotatable bonds is 7. The van der Waals surface area contributed by atoms with Crippen molar-refractivity contribution in [2.24, 2.45) is 5.73 Å². The molecule has 1 aromatic heterocycles. The van der Waals surface area contributed by atoms with Crippen molar-refractivity contribution in [3.8, 4) is 0 Å². The third-order valence-corrected chi connectivity index (χ3v) is 6.01. The number of thiazole rings is 1. The minimum absolute atomic E-state index is 0.142. The molecule has 0 spiro atoms. The van der Waals surface area contributed by atoms with Crippen LogP contribution in [0.2, 0.25) is 0 Å². The highest BCUT2D eigenvalue weighted by Crippen LogP contribution is 2.23. The molecule has 0 saturated heterocycles. The summed E-state index contributed by atoms with van der Waals surface area (Å²) in [6.45, 7) is 1.81. The topological polar surface area (TPSA) is 71.2 Å². The molecule has 0 radical (unpaired) electrons. The van der Waals surface area contributed by atoms with Crippen LogP contribution in [0.25, 0.3) is 0 Å². The van der Waals surface area contributed by atoms with Gasteiger partial charge in [-0.2, -0.15) is 0 Å². The highest BCUT2D eigenvalue weighted by Gasteiger charge is 2.19. The quantitative estimate of drug-likeness (QED) is 0.782. The number of hydrogen-bond acceptors (Lipinski definition) is 5. The molecule has 3 N–H and O–H groups in total. The van der Waals surface area contributed by atoms with Gasteiger partial charge in [-0.25, -0.2) is 4.98 Å². The third kappa shape index (κ3) is 4.90. The Kier molecular flexibility index (Phi) is 6.77. The number of amides is 1. The fourth-order valence-electron chi connectivity index (χ4n) is 3.58. The van der Waals surface area contributed by atoms with E-state index in [0.29, 0.717) is 24.8 Å². The van der Waals surface area contributed by atoms with Gasteiger partial charge in [0, 0.05) is 31.1 Å². The van der Waals surface area contributed by atoms with E-state index in [-0.39, 0.29) is 5.91 Å². The van der Waals surface area contributed by atoms with E-state index < -0.39 is 0 Å². The van der Waals surface area contributed by atoms with Crippen LogP contribution in [0.15, 0.2) is 29.6 Å². The zero-order valence-corrected chi connectivity index (χ0v) is 16.2. The lowest BCUT2D eigenvalue weighted by Crippen LogP contribution is -2.33. The first kappa shape index (κ1) is 19.0. The summed E-state index contributed by atoms with van der Waals surface area (Å²) >= 11 is 1.42. The molecule has 2 aromatic rings. The second-order valence-corrected chi connectivity index (χ2v) is 7.93. The van der Waals surface area contributed by atoms with Gasteiger partial charge in [0.05, 0.1) is 0 Å². The van der Waals surface area contributed by atoms with Gasteiger partial charge < -0.3 is 11.1 Å². The molecule has 0 aliphatic heterocycles. The summed E-state index contributed by atoms with van der Waals surface area (Å²) in [5.41, 5.74) is 8.46. The molecule has 5 nitrogen and oxygen atoms in total. The summed E-state index contributed by atoms with van der Waals surface area (Å²) in [6.07, 6.45) is 6.64. The van der Waals surface area contributed by atoms with E-state index in [1.807, 2.05) is 6.07 Å². The Morgan fingerprint density at radius 2 is 2.00 bits per heavy atom. The Hall–Kier alpha value is -1.76. The molecule has 6 heteroatoms. The maximum absolute atomic E-state index is 12.3. The SMILES string of the molecule is CN(Cc1ccccc1CNC(=O)c1csc(CN)n1)C1CCCCC1. The largest absolute Gasteiger partial charge is 0.347 e. The second kappa shape index (κ2) is 9.26. The summed E-state index contributed by atoms with van der Waals surface area (Å²) in [7, 11) is 2.22. The number of nitrogens with one attached hydrogen (secondary N) is 1. The minimum atomic E-state index is -0.142. The molecule has 140 valence electrons. The van der Waals surface area contributed by atoms with Crippen LogP contribution in [-0.4, -0.2) is 28.9 Å². The van der Waals surface area contributed by atoms with Crippen LogP contribution in [0.5, 0.6) is 0 Å². The van der Waals surface area contributed by atoms with Crippen molar-refractivity contribution in [2.75, 3.05) is 7.05 Å². The molecular formula is C20H28N4OS. The lowest BCUT2D eigenvalue weighted by molar-refractivity contribution is 0.0946. The van der Waals surface area contributed by atoms with Gasteiger partial charge in [-0.05, 0) is 31.0 Å². The first-order valence-electron chi connectivity index (χ1n) is 9.37. The fraction of sp³-hybridized carbons (Fsp3) is 0.500. The van der Waals surface area contributed by atoms with Crippen LogP contribution in [0, 0.1) is 0 Å². The Bertz CT molecular complexity index is 724. The third-order valence-electron chi connectivity index (χ3n) is 5.13. The van der Waals surface area contributed by atoms with Crippen molar-refractivity contribution < 1.29 is 4.79 Å². The average molecular weight is 373 g/mol. The normalized spacial score (nSPS) is 15.3. The standard InChI is InChI=1S/C20H28N4OS/c1-24(17-9-3-2-4-10-17)13-16-8-6-5-7-15(16)12-22-20(25)18-14-26-19(11-21)23-18/h5-8,14,17H,2-4,9-13,21H2,1H3,(H,22,25). The smallest absolute Gasteiger partial charge is 0.271 e. The van der Waals surface area contributed by atoms with Crippen molar-refractivity contribution >= 4 is 17.2 Å². The molecule has 0 bridgehead atoms. The van der Waals surface area contributed by atoms with E-state index in [1.54, 1.807) is 5.38 Å². The maximum atomic E-state index is 12.3. The van der Waals surface area contributed by atoms with E-state index in [1.165, 1.54) is 49.0 Å². The highest BCUT2D eigenvalue weighted by atomic mass is 32.1. The zero-order valence-electron chi connectivity index (χ0n) is 15.4. The van der Waals surface area contributed by atoms with E-state index in [2.05, 4.69) is 40.4 Å². The van der Waals surface area contributed by atoms with Crippen molar-refractivity contribution in [1.29, 1.82) is 0 Å². The molecule has 1 saturated carbocycles. The maximum Gasteiger partial charge on any atom is 0.271 e. The zero-order chi connectivity index (χ0) is 18.4. The van der Waals surface area contributed by atoms with E-state index in [4.69, 9.17) is 5.73 Å². The van der Waals surface area contributed by atoms with Crippen LogP contribution in [0.3, 0.4) is 0 Å².